The van der Waals surface area contributed by atoms with Gasteiger partial charge in [-0.25, -0.2) is 0 Å². The molecule has 6 heteroatoms. The molecule has 1 heterocycles. The van der Waals surface area contributed by atoms with E-state index in [0.29, 0.717) is 13.1 Å². The van der Waals surface area contributed by atoms with Crippen LogP contribution in [0.4, 0.5) is 5.69 Å². The van der Waals surface area contributed by atoms with E-state index in [1.807, 2.05) is 41.3 Å². The summed E-state index contributed by atoms with van der Waals surface area (Å²) in [5, 5.41) is 0. The Morgan fingerprint density at radius 1 is 1.03 bits per heavy atom. The Balaban J connectivity index is 1.56. The molecular formula is C25H35N3O3+2. The van der Waals surface area contributed by atoms with Gasteiger partial charge in [-0.05, 0) is 36.8 Å². The first-order chi connectivity index (χ1) is 15.0. The Morgan fingerprint density at radius 2 is 1.65 bits per heavy atom. The first-order valence-corrected chi connectivity index (χ1v) is 10.9. The van der Waals surface area contributed by atoms with E-state index in [4.69, 9.17) is 9.47 Å². The van der Waals surface area contributed by atoms with Gasteiger partial charge in [-0.15, -0.1) is 6.58 Å². The number of piperazine rings is 1. The number of amides is 1. The molecule has 31 heavy (non-hydrogen) atoms. The van der Waals surface area contributed by atoms with Crippen LogP contribution in [0.5, 0.6) is 11.5 Å². The van der Waals surface area contributed by atoms with E-state index in [1.54, 1.807) is 20.3 Å². The Kier molecular flexibility index (Phi) is 8.09. The number of carbonyl (C=O) groups excluding carboxylic acids is 1. The molecule has 166 valence electrons. The van der Waals surface area contributed by atoms with Crippen LogP contribution >= 0.6 is 0 Å². The molecule has 0 bridgehead atoms. The standard InChI is InChI=1S/C25H33N3O3/c1-5-11-28(22-9-7-6-8-10-22)25(29)19-27-14-12-26(13-15-27)18-21-17-24(31-4)23(30-3)16-20(21)2/h5-10,16-17H,1,11-15,18-19H2,2-4H3/p+2. The van der Waals surface area contributed by atoms with Crippen molar-refractivity contribution in [3.63, 3.8) is 0 Å². The average Bonchev–Trinajstić information content (AvgIpc) is 2.80. The summed E-state index contributed by atoms with van der Waals surface area (Å²) >= 11 is 0. The zero-order valence-electron chi connectivity index (χ0n) is 18.9. The fraction of sp³-hybridized carbons (Fsp3) is 0.400. The Hall–Kier alpha value is -2.83. The third-order valence-corrected chi connectivity index (χ3v) is 6.03. The Bertz CT molecular complexity index is 877. The van der Waals surface area contributed by atoms with Crippen molar-refractivity contribution in [3.05, 3.63) is 66.2 Å². The number of carbonyl (C=O) groups is 1. The highest BCUT2D eigenvalue weighted by Crippen LogP contribution is 2.29. The SMILES string of the molecule is C=CCN(C(=O)C[NH+]1CC[NH+](Cc2cc(OC)c(OC)cc2C)CC1)c1ccccc1. The minimum atomic E-state index is 0.153. The van der Waals surface area contributed by atoms with Gasteiger partial charge in [0.2, 0.25) is 0 Å². The molecule has 0 saturated carbocycles. The maximum absolute atomic E-state index is 13.0. The van der Waals surface area contributed by atoms with E-state index >= 15 is 0 Å². The number of hydrogen-bond donors (Lipinski definition) is 2. The molecule has 1 saturated heterocycles. The molecule has 0 spiro atoms. The molecule has 1 aliphatic heterocycles. The number of rotatable bonds is 9. The lowest BCUT2D eigenvalue weighted by Gasteiger charge is -2.31. The zero-order chi connectivity index (χ0) is 22.2. The van der Waals surface area contributed by atoms with Crippen LogP contribution in [0.1, 0.15) is 11.1 Å². The highest BCUT2D eigenvalue weighted by atomic mass is 16.5. The van der Waals surface area contributed by atoms with Crippen LogP contribution in [0.2, 0.25) is 0 Å². The molecule has 2 N–H and O–H groups in total. The predicted octanol–water partition coefficient (Wildman–Crippen LogP) is 0.515. The second-order valence-electron chi connectivity index (χ2n) is 8.12. The number of hydrogen-bond acceptors (Lipinski definition) is 3. The van der Waals surface area contributed by atoms with Crippen LogP contribution in [0, 0.1) is 6.92 Å². The fourth-order valence-electron chi connectivity index (χ4n) is 4.19. The molecule has 1 aliphatic rings. The van der Waals surface area contributed by atoms with Crippen LogP contribution in [-0.4, -0.2) is 59.4 Å². The number of para-hydroxylation sites is 1. The van der Waals surface area contributed by atoms with Crippen molar-refractivity contribution in [2.24, 2.45) is 0 Å². The number of aryl methyl sites for hydroxylation is 1. The fourth-order valence-corrected chi connectivity index (χ4v) is 4.19. The Morgan fingerprint density at radius 3 is 2.26 bits per heavy atom. The van der Waals surface area contributed by atoms with Crippen molar-refractivity contribution in [1.82, 2.24) is 0 Å². The van der Waals surface area contributed by atoms with E-state index in [9.17, 15) is 4.79 Å². The molecule has 0 aliphatic carbocycles. The molecule has 6 nitrogen and oxygen atoms in total. The zero-order valence-corrected chi connectivity index (χ0v) is 18.9. The number of benzene rings is 2. The highest BCUT2D eigenvalue weighted by Gasteiger charge is 2.27. The molecule has 2 aromatic rings. The van der Waals surface area contributed by atoms with Gasteiger partial charge in [0.15, 0.2) is 18.0 Å². The highest BCUT2D eigenvalue weighted by molar-refractivity contribution is 5.94. The largest absolute Gasteiger partial charge is 0.493 e. The van der Waals surface area contributed by atoms with Gasteiger partial charge in [-0.2, -0.15) is 0 Å². The summed E-state index contributed by atoms with van der Waals surface area (Å²) in [6, 6.07) is 14.0. The van der Waals surface area contributed by atoms with Gasteiger partial charge in [0.1, 0.15) is 32.7 Å². The monoisotopic (exact) mass is 425 g/mol. The van der Waals surface area contributed by atoms with E-state index in [0.717, 1.165) is 49.9 Å². The quantitative estimate of drug-likeness (QED) is 0.576. The molecule has 0 radical (unpaired) electrons. The summed E-state index contributed by atoms with van der Waals surface area (Å²) in [7, 11) is 3.34. The van der Waals surface area contributed by atoms with Gasteiger partial charge in [0, 0.05) is 17.8 Å². The van der Waals surface area contributed by atoms with E-state index < -0.39 is 0 Å². The molecular weight excluding hydrogens is 390 g/mol. The van der Waals surface area contributed by atoms with Gasteiger partial charge in [-0.1, -0.05) is 24.3 Å². The predicted molar refractivity (Wildman–Crippen MR) is 123 cm³/mol. The first-order valence-electron chi connectivity index (χ1n) is 10.9. The van der Waals surface area contributed by atoms with Gasteiger partial charge in [0.25, 0.3) is 5.91 Å². The summed E-state index contributed by atoms with van der Waals surface area (Å²) < 4.78 is 10.9. The number of methoxy groups -OCH3 is 2. The van der Waals surface area contributed by atoms with Crippen molar-refractivity contribution < 1.29 is 24.1 Å². The van der Waals surface area contributed by atoms with Crippen LogP contribution in [0.3, 0.4) is 0 Å². The summed E-state index contributed by atoms with van der Waals surface area (Å²) in [6.07, 6.45) is 1.79. The minimum Gasteiger partial charge on any atom is -0.493 e. The van der Waals surface area contributed by atoms with E-state index in [2.05, 4.69) is 19.6 Å². The summed E-state index contributed by atoms with van der Waals surface area (Å²) in [4.78, 5) is 17.7. The number of quaternary nitrogens is 2. The lowest BCUT2D eigenvalue weighted by atomic mass is 10.1. The van der Waals surface area contributed by atoms with Crippen molar-refractivity contribution in [3.8, 4) is 11.5 Å². The topological polar surface area (TPSA) is 47.7 Å². The number of nitrogens with zero attached hydrogens (tertiary/aromatic N) is 1. The molecule has 3 rings (SSSR count). The molecule has 0 atom stereocenters. The maximum Gasteiger partial charge on any atom is 0.282 e. The average molecular weight is 426 g/mol. The second kappa shape index (κ2) is 11.0. The minimum absolute atomic E-state index is 0.153. The molecule has 0 aromatic heterocycles. The van der Waals surface area contributed by atoms with Crippen LogP contribution in [-0.2, 0) is 11.3 Å². The van der Waals surface area contributed by atoms with Crippen molar-refractivity contribution in [2.75, 3.05) is 58.4 Å². The van der Waals surface area contributed by atoms with Crippen molar-refractivity contribution in [1.29, 1.82) is 0 Å². The van der Waals surface area contributed by atoms with Crippen LogP contribution in [0.15, 0.2) is 55.1 Å². The van der Waals surface area contributed by atoms with Gasteiger partial charge in [0.05, 0.1) is 14.2 Å². The molecule has 0 unspecified atom stereocenters. The Labute approximate surface area is 185 Å². The number of nitrogens with one attached hydrogen (secondary N) is 2. The van der Waals surface area contributed by atoms with Crippen LogP contribution < -0.4 is 24.2 Å². The number of ether oxygens (including phenoxy) is 2. The third-order valence-electron chi connectivity index (χ3n) is 6.03. The number of anilines is 1. The maximum atomic E-state index is 13.0. The van der Waals surface area contributed by atoms with Crippen molar-refractivity contribution >= 4 is 11.6 Å². The first kappa shape index (κ1) is 22.8. The van der Waals surface area contributed by atoms with Gasteiger partial charge >= 0.3 is 0 Å². The molecule has 2 aromatic carbocycles. The normalized spacial score (nSPS) is 18.3. The third kappa shape index (κ3) is 5.87. The summed E-state index contributed by atoms with van der Waals surface area (Å²) in [5.74, 6) is 1.70. The van der Waals surface area contributed by atoms with Gasteiger partial charge in [-0.3, -0.25) is 4.79 Å². The van der Waals surface area contributed by atoms with Crippen LogP contribution in [0.25, 0.3) is 0 Å². The lowest BCUT2D eigenvalue weighted by molar-refractivity contribution is -1.02. The smallest absolute Gasteiger partial charge is 0.282 e. The van der Waals surface area contributed by atoms with Crippen molar-refractivity contribution in [2.45, 2.75) is 13.5 Å². The van der Waals surface area contributed by atoms with E-state index in [-0.39, 0.29) is 5.91 Å². The molecule has 1 fully saturated rings. The molecule has 1 amide bonds. The van der Waals surface area contributed by atoms with E-state index in [1.165, 1.54) is 20.9 Å². The lowest BCUT2D eigenvalue weighted by Crippen LogP contribution is -3.28. The second-order valence-corrected chi connectivity index (χ2v) is 8.12. The van der Waals surface area contributed by atoms with Gasteiger partial charge < -0.3 is 24.2 Å². The summed E-state index contributed by atoms with van der Waals surface area (Å²) in [6.45, 7) is 12.0. The summed E-state index contributed by atoms with van der Waals surface area (Å²) in [5.41, 5.74) is 3.44.